The highest BCUT2D eigenvalue weighted by Gasteiger charge is 2.32. The average molecular weight is 302 g/mol. The number of furan rings is 1. The Hall–Kier alpha value is -2.41. The van der Waals surface area contributed by atoms with Gasteiger partial charge in [0.25, 0.3) is 0 Å². The van der Waals surface area contributed by atoms with E-state index in [1.807, 2.05) is 12.1 Å². The minimum atomic E-state index is -0.187. The van der Waals surface area contributed by atoms with Crippen LogP contribution in [0.15, 0.2) is 34.9 Å². The van der Waals surface area contributed by atoms with E-state index in [1.165, 1.54) is 0 Å². The highest BCUT2D eigenvalue weighted by Crippen LogP contribution is 2.33. The number of ether oxygens (including phenoxy) is 1. The Kier molecular flexibility index (Phi) is 4.34. The number of likely N-dealkylation sites (tertiary alicyclic amines) is 1. The lowest BCUT2D eigenvalue weighted by Crippen LogP contribution is -2.34. The molecule has 116 valence electrons. The lowest BCUT2D eigenvalue weighted by Gasteiger charge is -2.23. The molecule has 1 N–H and O–H groups in total. The van der Waals surface area contributed by atoms with Crippen molar-refractivity contribution in [3.8, 4) is 0 Å². The molecular formula is C15H18N4O3. The number of anilines is 1. The van der Waals surface area contributed by atoms with Gasteiger partial charge in [-0.15, -0.1) is 5.10 Å². The third-order valence-electron chi connectivity index (χ3n) is 3.62. The quantitative estimate of drug-likeness (QED) is 0.939. The Morgan fingerprint density at radius 1 is 1.50 bits per heavy atom. The normalized spacial score (nSPS) is 17.7. The summed E-state index contributed by atoms with van der Waals surface area (Å²) >= 11 is 0. The van der Waals surface area contributed by atoms with Gasteiger partial charge in [0.05, 0.1) is 6.04 Å². The predicted octanol–water partition coefficient (Wildman–Crippen LogP) is 2.58. The number of hydrogen-bond acceptors (Lipinski definition) is 5. The lowest BCUT2D eigenvalue weighted by atomic mass is 10.2. The Labute approximate surface area is 128 Å². The van der Waals surface area contributed by atoms with Crippen LogP contribution in [0.4, 0.5) is 10.6 Å². The Morgan fingerprint density at radius 2 is 2.41 bits per heavy atom. The number of nitrogens with one attached hydrogen (secondary N) is 1. The van der Waals surface area contributed by atoms with Crippen molar-refractivity contribution in [2.45, 2.75) is 25.5 Å². The van der Waals surface area contributed by atoms with E-state index in [2.05, 4.69) is 15.5 Å². The molecule has 2 amide bonds. The van der Waals surface area contributed by atoms with Gasteiger partial charge < -0.3 is 14.1 Å². The molecule has 3 heterocycles. The highest BCUT2D eigenvalue weighted by molar-refractivity contribution is 5.88. The maximum atomic E-state index is 12.4. The molecule has 1 saturated heterocycles. The fraction of sp³-hybridized carbons (Fsp3) is 0.400. The molecular weight excluding hydrogens is 284 g/mol. The first-order valence-corrected chi connectivity index (χ1v) is 7.21. The first kappa shape index (κ1) is 14.5. The minimum Gasteiger partial charge on any atom is -0.461 e. The summed E-state index contributed by atoms with van der Waals surface area (Å²) in [5.74, 6) is 2.00. The van der Waals surface area contributed by atoms with Crippen LogP contribution in [0.5, 0.6) is 0 Å². The van der Waals surface area contributed by atoms with Crippen molar-refractivity contribution in [2.24, 2.45) is 0 Å². The van der Waals surface area contributed by atoms with E-state index in [0.717, 1.165) is 24.4 Å². The second kappa shape index (κ2) is 6.57. The van der Waals surface area contributed by atoms with Crippen molar-refractivity contribution < 1.29 is 13.9 Å². The SMILES string of the molecule is COCc1ccc([C@@H]2CCCN2C(=O)Nc2cccnn2)o1. The molecule has 0 aliphatic carbocycles. The van der Waals surface area contributed by atoms with Crippen LogP contribution in [-0.2, 0) is 11.3 Å². The maximum Gasteiger partial charge on any atom is 0.323 e. The second-order valence-corrected chi connectivity index (χ2v) is 5.13. The highest BCUT2D eigenvalue weighted by atomic mass is 16.5. The van der Waals surface area contributed by atoms with Crippen LogP contribution in [0.3, 0.4) is 0 Å². The fourth-order valence-corrected chi connectivity index (χ4v) is 2.65. The molecule has 1 atom stereocenters. The summed E-state index contributed by atoms with van der Waals surface area (Å²) in [4.78, 5) is 14.2. The van der Waals surface area contributed by atoms with E-state index in [0.29, 0.717) is 19.0 Å². The predicted molar refractivity (Wildman–Crippen MR) is 79.2 cm³/mol. The molecule has 2 aromatic rings. The standard InChI is InChI=1S/C15H18N4O3/c1-21-10-11-6-7-13(22-11)12-4-3-9-19(12)15(20)17-14-5-2-8-16-18-14/h2,5-8,12H,3-4,9-10H2,1H3,(H,17,18,20)/t12-/m0/s1. The van der Waals surface area contributed by atoms with Gasteiger partial charge in [-0.05, 0) is 37.1 Å². The zero-order chi connectivity index (χ0) is 15.4. The number of nitrogens with zero attached hydrogens (tertiary/aromatic N) is 3. The van der Waals surface area contributed by atoms with Crippen LogP contribution in [0.2, 0.25) is 0 Å². The van der Waals surface area contributed by atoms with E-state index < -0.39 is 0 Å². The van der Waals surface area contributed by atoms with Gasteiger partial charge in [-0.2, -0.15) is 5.10 Å². The molecule has 0 unspecified atom stereocenters. The van der Waals surface area contributed by atoms with Gasteiger partial charge >= 0.3 is 6.03 Å². The summed E-state index contributed by atoms with van der Waals surface area (Å²) < 4.78 is 10.8. The van der Waals surface area contributed by atoms with Gasteiger partial charge in [-0.25, -0.2) is 4.79 Å². The molecule has 22 heavy (non-hydrogen) atoms. The third-order valence-corrected chi connectivity index (χ3v) is 3.62. The van der Waals surface area contributed by atoms with Gasteiger partial charge in [0, 0.05) is 19.9 Å². The lowest BCUT2D eigenvalue weighted by molar-refractivity contribution is 0.157. The van der Waals surface area contributed by atoms with E-state index >= 15 is 0 Å². The molecule has 2 aromatic heterocycles. The Bertz CT molecular complexity index is 629. The molecule has 1 aliphatic rings. The number of carbonyl (C=O) groups excluding carboxylic acids is 1. The van der Waals surface area contributed by atoms with Crippen molar-refractivity contribution in [3.63, 3.8) is 0 Å². The van der Waals surface area contributed by atoms with E-state index in [9.17, 15) is 4.79 Å². The van der Waals surface area contributed by atoms with Gasteiger partial charge in [0.1, 0.15) is 18.1 Å². The van der Waals surface area contributed by atoms with Crippen LogP contribution in [0.1, 0.15) is 30.4 Å². The molecule has 1 aliphatic heterocycles. The van der Waals surface area contributed by atoms with Gasteiger partial charge in [0.15, 0.2) is 5.82 Å². The van der Waals surface area contributed by atoms with Crippen LogP contribution in [0.25, 0.3) is 0 Å². The zero-order valence-corrected chi connectivity index (χ0v) is 12.4. The van der Waals surface area contributed by atoms with Crippen molar-refractivity contribution >= 4 is 11.8 Å². The van der Waals surface area contributed by atoms with Crippen LogP contribution in [0, 0.1) is 0 Å². The first-order valence-electron chi connectivity index (χ1n) is 7.21. The summed E-state index contributed by atoms with van der Waals surface area (Å²) in [5, 5.41) is 10.4. The van der Waals surface area contributed by atoms with Crippen molar-refractivity contribution in [3.05, 3.63) is 42.0 Å². The fourth-order valence-electron chi connectivity index (χ4n) is 2.65. The molecule has 0 bridgehead atoms. The number of rotatable bonds is 4. The Balaban J connectivity index is 1.70. The molecule has 0 saturated carbocycles. The Morgan fingerprint density at radius 3 is 3.18 bits per heavy atom. The topological polar surface area (TPSA) is 80.5 Å². The maximum absolute atomic E-state index is 12.4. The number of urea groups is 1. The number of carbonyl (C=O) groups is 1. The molecule has 7 nitrogen and oxygen atoms in total. The number of amides is 2. The molecule has 7 heteroatoms. The number of hydrogen-bond donors (Lipinski definition) is 1. The largest absolute Gasteiger partial charge is 0.461 e. The second-order valence-electron chi connectivity index (χ2n) is 5.13. The number of methoxy groups -OCH3 is 1. The molecule has 3 rings (SSSR count). The molecule has 1 fully saturated rings. The van der Waals surface area contributed by atoms with Crippen molar-refractivity contribution in [1.29, 1.82) is 0 Å². The van der Waals surface area contributed by atoms with Gasteiger partial charge in [-0.3, -0.25) is 5.32 Å². The van der Waals surface area contributed by atoms with Gasteiger partial charge in [-0.1, -0.05) is 0 Å². The van der Waals surface area contributed by atoms with E-state index in [-0.39, 0.29) is 12.1 Å². The number of aromatic nitrogens is 2. The molecule has 0 radical (unpaired) electrons. The first-order chi connectivity index (χ1) is 10.8. The van der Waals surface area contributed by atoms with Crippen LogP contribution in [-0.4, -0.2) is 34.8 Å². The van der Waals surface area contributed by atoms with Crippen molar-refractivity contribution in [2.75, 3.05) is 19.0 Å². The summed E-state index contributed by atoms with van der Waals surface area (Å²) in [5.41, 5.74) is 0. The van der Waals surface area contributed by atoms with E-state index in [4.69, 9.17) is 9.15 Å². The third kappa shape index (κ3) is 3.09. The summed E-state index contributed by atoms with van der Waals surface area (Å²) in [6.07, 6.45) is 3.39. The zero-order valence-electron chi connectivity index (χ0n) is 12.4. The summed E-state index contributed by atoms with van der Waals surface area (Å²) in [6, 6.07) is 6.99. The summed E-state index contributed by atoms with van der Waals surface area (Å²) in [7, 11) is 1.62. The molecule has 0 spiro atoms. The van der Waals surface area contributed by atoms with E-state index in [1.54, 1.807) is 30.3 Å². The van der Waals surface area contributed by atoms with Crippen LogP contribution >= 0.6 is 0 Å². The smallest absolute Gasteiger partial charge is 0.323 e. The van der Waals surface area contributed by atoms with Crippen LogP contribution < -0.4 is 5.32 Å². The summed E-state index contributed by atoms with van der Waals surface area (Å²) in [6.45, 7) is 1.12. The monoisotopic (exact) mass is 302 g/mol. The van der Waals surface area contributed by atoms with Crippen molar-refractivity contribution in [1.82, 2.24) is 15.1 Å². The molecule has 0 aromatic carbocycles. The minimum absolute atomic E-state index is 0.0534. The average Bonchev–Trinajstić information content (AvgIpc) is 3.17. The van der Waals surface area contributed by atoms with Gasteiger partial charge in [0.2, 0.25) is 0 Å².